The standard InChI is InChI=1S/C11H10N4O4/c1-19-11(18)8-9(12)15(14-13-8)7-4-2-6(3-5-7)10(16)17/h2-5H,12H2,1H3,(H,16,17). The maximum atomic E-state index is 11.3. The van der Waals surface area contributed by atoms with Gasteiger partial charge in [-0.2, -0.15) is 4.68 Å². The van der Waals surface area contributed by atoms with Gasteiger partial charge < -0.3 is 15.6 Å². The number of nitrogens with two attached hydrogens (primary N) is 1. The molecule has 0 fully saturated rings. The molecular weight excluding hydrogens is 252 g/mol. The van der Waals surface area contributed by atoms with Crippen molar-refractivity contribution in [1.82, 2.24) is 15.0 Å². The minimum Gasteiger partial charge on any atom is -0.478 e. The summed E-state index contributed by atoms with van der Waals surface area (Å²) in [7, 11) is 1.21. The molecule has 0 spiro atoms. The minimum absolute atomic E-state index is 0.0231. The summed E-state index contributed by atoms with van der Waals surface area (Å²) in [6, 6.07) is 5.82. The Kier molecular flexibility index (Phi) is 3.15. The highest BCUT2D eigenvalue weighted by Gasteiger charge is 2.18. The zero-order chi connectivity index (χ0) is 14.0. The molecule has 8 nitrogen and oxygen atoms in total. The number of ether oxygens (including phenoxy) is 1. The van der Waals surface area contributed by atoms with Gasteiger partial charge in [0.2, 0.25) is 5.69 Å². The van der Waals surface area contributed by atoms with Gasteiger partial charge in [0.25, 0.3) is 0 Å². The number of carbonyl (C=O) groups excluding carboxylic acids is 1. The molecule has 0 radical (unpaired) electrons. The maximum absolute atomic E-state index is 11.3. The van der Waals surface area contributed by atoms with Crippen molar-refractivity contribution in [3.05, 3.63) is 35.5 Å². The number of nitrogens with zero attached hydrogens (tertiary/aromatic N) is 3. The predicted octanol–water partition coefficient (Wildman–Crippen LogP) is 0.334. The first-order valence-corrected chi connectivity index (χ1v) is 5.18. The molecule has 2 rings (SSSR count). The van der Waals surface area contributed by atoms with Gasteiger partial charge in [0.05, 0.1) is 18.4 Å². The number of aromatic nitrogens is 3. The fraction of sp³-hybridized carbons (Fsp3) is 0.0909. The second-order valence-corrected chi connectivity index (χ2v) is 3.58. The summed E-state index contributed by atoms with van der Waals surface area (Å²) in [6.07, 6.45) is 0. The molecule has 0 aliphatic carbocycles. The Balaban J connectivity index is 2.40. The molecule has 0 saturated carbocycles. The molecule has 1 aromatic heterocycles. The van der Waals surface area contributed by atoms with E-state index in [4.69, 9.17) is 10.8 Å². The van der Waals surface area contributed by atoms with Gasteiger partial charge >= 0.3 is 11.9 Å². The first-order valence-electron chi connectivity index (χ1n) is 5.18. The number of methoxy groups -OCH3 is 1. The van der Waals surface area contributed by atoms with Gasteiger partial charge in [-0.3, -0.25) is 0 Å². The summed E-state index contributed by atoms with van der Waals surface area (Å²) in [5.74, 6) is -1.70. The summed E-state index contributed by atoms with van der Waals surface area (Å²) in [6.45, 7) is 0. The lowest BCUT2D eigenvalue weighted by molar-refractivity contribution is 0.0594. The lowest BCUT2D eigenvalue weighted by atomic mass is 10.2. The van der Waals surface area contributed by atoms with Crippen molar-refractivity contribution in [3.63, 3.8) is 0 Å². The summed E-state index contributed by atoms with van der Waals surface area (Å²) < 4.78 is 5.72. The number of hydrogen-bond acceptors (Lipinski definition) is 6. The molecule has 1 heterocycles. The van der Waals surface area contributed by atoms with E-state index in [1.54, 1.807) is 0 Å². The van der Waals surface area contributed by atoms with Crippen LogP contribution in [0.15, 0.2) is 24.3 Å². The van der Waals surface area contributed by atoms with E-state index in [1.165, 1.54) is 36.1 Å². The van der Waals surface area contributed by atoms with Crippen molar-refractivity contribution in [1.29, 1.82) is 0 Å². The van der Waals surface area contributed by atoms with Crippen LogP contribution in [0.3, 0.4) is 0 Å². The van der Waals surface area contributed by atoms with Crippen LogP contribution in [0.4, 0.5) is 5.82 Å². The molecule has 0 aliphatic rings. The highest BCUT2D eigenvalue weighted by molar-refractivity contribution is 5.92. The van der Waals surface area contributed by atoms with Crippen molar-refractivity contribution in [2.24, 2.45) is 0 Å². The van der Waals surface area contributed by atoms with Crippen molar-refractivity contribution >= 4 is 17.8 Å². The number of hydrogen-bond donors (Lipinski definition) is 2. The fourth-order valence-corrected chi connectivity index (χ4v) is 1.47. The Morgan fingerprint density at radius 1 is 1.32 bits per heavy atom. The van der Waals surface area contributed by atoms with E-state index < -0.39 is 11.9 Å². The number of benzene rings is 1. The second-order valence-electron chi connectivity index (χ2n) is 3.58. The molecule has 0 atom stereocenters. The van der Waals surface area contributed by atoms with Crippen LogP contribution in [-0.4, -0.2) is 39.1 Å². The molecule has 8 heteroatoms. The monoisotopic (exact) mass is 262 g/mol. The summed E-state index contributed by atoms with van der Waals surface area (Å²) >= 11 is 0. The van der Waals surface area contributed by atoms with E-state index in [9.17, 15) is 9.59 Å². The lowest BCUT2D eigenvalue weighted by Gasteiger charge is -2.03. The SMILES string of the molecule is COC(=O)c1nnn(-c2ccc(C(=O)O)cc2)c1N. The number of carbonyl (C=O) groups is 2. The van der Waals surface area contributed by atoms with Gasteiger partial charge in [-0.15, -0.1) is 5.10 Å². The largest absolute Gasteiger partial charge is 0.478 e. The lowest BCUT2D eigenvalue weighted by Crippen LogP contribution is -2.08. The minimum atomic E-state index is -1.03. The van der Waals surface area contributed by atoms with Gasteiger partial charge in [0.15, 0.2) is 5.82 Å². The average molecular weight is 262 g/mol. The van der Waals surface area contributed by atoms with E-state index in [0.29, 0.717) is 5.69 Å². The molecular formula is C11H10N4O4. The van der Waals surface area contributed by atoms with E-state index in [1.807, 2.05) is 0 Å². The topological polar surface area (TPSA) is 120 Å². The molecule has 3 N–H and O–H groups in total. The quantitative estimate of drug-likeness (QED) is 0.765. The summed E-state index contributed by atoms with van der Waals surface area (Å²) in [5, 5.41) is 16.1. The Hall–Kier alpha value is -2.90. The van der Waals surface area contributed by atoms with Gasteiger partial charge in [-0.05, 0) is 24.3 Å². The zero-order valence-electron chi connectivity index (χ0n) is 9.90. The van der Waals surface area contributed by atoms with Crippen LogP contribution in [-0.2, 0) is 4.74 Å². The first kappa shape index (κ1) is 12.6. The molecule has 0 amide bonds. The number of rotatable bonds is 3. The number of aromatic carboxylic acids is 1. The highest BCUT2D eigenvalue weighted by atomic mass is 16.5. The number of esters is 1. The third-order valence-electron chi connectivity index (χ3n) is 2.44. The Morgan fingerprint density at radius 2 is 1.95 bits per heavy atom. The third-order valence-corrected chi connectivity index (χ3v) is 2.44. The van der Waals surface area contributed by atoms with Crippen LogP contribution in [0, 0.1) is 0 Å². The van der Waals surface area contributed by atoms with Crippen molar-refractivity contribution < 1.29 is 19.4 Å². The smallest absolute Gasteiger partial charge is 0.362 e. The van der Waals surface area contributed by atoms with E-state index in [-0.39, 0.29) is 17.1 Å². The average Bonchev–Trinajstić information content (AvgIpc) is 2.80. The van der Waals surface area contributed by atoms with Crippen LogP contribution in [0.25, 0.3) is 5.69 Å². The van der Waals surface area contributed by atoms with Crippen LogP contribution in [0.2, 0.25) is 0 Å². The number of carboxylic acid groups (broad SMARTS) is 1. The Bertz CT molecular complexity index is 633. The molecule has 1 aromatic carbocycles. The highest BCUT2D eigenvalue weighted by Crippen LogP contribution is 2.16. The molecule has 0 aliphatic heterocycles. The Labute approximate surface area is 107 Å². The van der Waals surface area contributed by atoms with E-state index >= 15 is 0 Å². The first-order chi connectivity index (χ1) is 9.04. The van der Waals surface area contributed by atoms with Gasteiger partial charge in [0.1, 0.15) is 0 Å². The summed E-state index contributed by atoms with van der Waals surface area (Å²) in [4.78, 5) is 22.1. The second kappa shape index (κ2) is 4.77. The van der Waals surface area contributed by atoms with Gasteiger partial charge in [-0.1, -0.05) is 5.21 Å². The maximum Gasteiger partial charge on any atom is 0.362 e. The zero-order valence-corrected chi connectivity index (χ0v) is 9.90. The summed E-state index contributed by atoms with van der Waals surface area (Å²) in [5.41, 5.74) is 6.26. The van der Waals surface area contributed by atoms with Crippen LogP contribution < -0.4 is 5.73 Å². The van der Waals surface area contributed by atoms with E-state index in [0.717, 1.165) is 0 Å². The van der Waals surface area contributed by atoms with Crippen LogP contribution in [0.5, 0.6) is 0 Å². The van der Waals surface area contributed by atoms with E-state index in [2.05, 4.69) is 15.0 Å². The predicted molar refractivity (Wildman–Crippen MR) is 64.1 cm³/mol. The van der Waals surface area contributed by atoms with Gasteiger partial charge in [0, 0.05) is 0 Å². The van der Waals surface area contributed by atoms with Crippen LogP contribution in [0.1, 0.15) is 20.8 Å². The molecule has 0 bridgehead atoms. The molecule has 19 heavy (non-hydrogen) atoms. The fourth-order valence-electron chi connectivity index (χ4n) is 1.47. The van der Waals surface area contributed by atoms with Crippen molar-refractivity contribution in [3.8, 4) is 5.69 Å². The van der Waals surface area contributed by atoms with Gasteiger partial charge in [-0.25, -0.2) is 9.59 Å². The van der Waals surface area contributed by atoms with Crippen molar-refractivity contribution in [2.75, 3.05) is 12.8 Å². The van der Waals surface area contributed by atoms with Crippen molar-refractivity contribution in [2.45, 2.75) is 0 Å². The number of carboxylic acids is 1. The normalized spacial score (nSPS) is 10.2. The third kappa shape index (κ3) is 2.23. The molecule has 0 saturated heterocycles. The molecule has 98 valence electrons. The molecule has 0 unspecified atom stereocenters. The van der Waals surface area contributed by atoms with Crippen LogP contribution >= 0.6 is 0 Å². The Morgan fingerprint density at radius 3 is 2.47 bits per heavy atom. The number of anilines is 1. The molecule has 2 aromatic rings. The number of nitrogen functional groups attached to an aromatic ring is 1.